The predicted octanol–water partition coefficient (Wildman–Crippen LogP) is 11.2. The molecule has 5 rings (SSSR count). The number of hydrogen-bond acceptors (Lipinski definition) is 0. The third-order valence-corrected chi connectivity index (χ3v) is 8.45. The smallest absolute Gasteiger partial charge is 1.00 e. The molecule has 0 aliphatic heterocycles. The van der Waals surface area contributed by atoms with Crippen molar-refractivity contribution >= 4 is 119 Å². The van der Waals surface area contributed by atoms with Gasteiger partial charge in [-0.15, -0.1) is 35.7 Å². The Balaban J connectivity index is -0.000000657. The van der Waals surface area contributed by atoms with Crippen LogP contribution in [0.2, 0.25) is 0 Å². The molecule has 0 nitrogen and oxygen atoms in total. The van der Waals surface area contributed by atoms with Gasteiger partial charge in [0, 0.05) is 8.95 Å². The summed E-state index contributed by atoms with van der Waals surface area (Å²) in [5.74, 6) is 0. The fourth-order valence-electron chi connectivity index (χ4n) is 4.38. The van der Waals surface area contributed by atoms with Crippen LogP contribution in [0.3, 0.4) is 0 Å². The minimum Gasteiger partial charge on any atom is -1.00 e. The van der Waals surface area contributed by atoms with Crippen LogP contribution in [-0.2, 0) is 10.8 Å². The molecule has 0 N–H and O–H groups in total. The molecule has 4 atom stereocenters. The van der Waals surface area contributed by atoms with Gasteiger partial charge in [0.25, 0.3) is 0 Å². The van der Waals surface area contributed by atoms with Crippen molar-refractivity contribution in [3.63, 3.8) is 0 Å². The van der Waals surface area contributed by atoms with Gasteiger partial charge in [-0.1, -0.05) is 99.4 Å². The van der Waals surface area contributed by atoms with Gasteiger partial charge in [-0.05, 0) is 109 Å². The summed E-state index contributed by atoms with van der Waals surface area (Å²) in [4.78, 5) is 0. The summed E-state index contributed by atoms with van der Waals surface area (Å²) >= 11 is 12.7. The van der Waals surface area contributed by atoms with Gasteiger partial charge in [-0.2, -0.15) is 35.9 Å². The zero-order valence-electron chi connectivity index (χ0n) is 30.4. The third-order valence-electron chi connectivity index (χ3n) is 6.75. The Hall–Kier alpha value is 1.29. The maximum absolute atomic E-state index is 6.46. The molecule has 0 fully saturated rings. The average Bonchev–Trinajstić information content (AvgIpc) is 3.04. The van der Waals surface area contributed by atoms with Gasteiger partial charge < -0.3 is 12.4 Å². The molecule has 261 valence electrons. The van der Waals surface area contributed by atoms with Gasteiger partial charge in [0.1, 0.15) is 0 Å². The Morgan fingerprint density at radius 3 is 1.17 bits per heavy atom. The van der Waals surface area contributed by atoms with Crippen molar-refractivity contribution in [2.45, 2.75) is 48.5 Å². The van der Waals surface area contributed by atoms with Crippen LogP contribution in [-0.4, -0.2) is 25.3 Å². The van der Waals surface area contributed by atoms with Gasteiger partial charge in [-0.3, -0.25) is 0 Å². The molecule has 0 aliphatic carbocycles. The first kappa shape index (κ1) is 49.3. The summed E-state index contributed by atoms with van der Waals surface area (Å²) < 4.78 is 15.0. The van der Waals surface area contributed by atoms with Crippen LogP contribution in [0.4, 0.5) is 0 Å². The summed E-state index contributed by atoms with van der Waals surface area (Å²) in [5.41, 5.74) is 14.4. The van der Waals surface area contributed by atoms with Crippen molar-refractivity contribution in [1.29, 1.82) is 2.26 Å². The molecule has 5 aromatic rings. The number of aryl methyl sites for hydroxylation is 7. The Labute approximate surface area is 362 Å². The largest absolute Gasteiger partial charge is 2.00 e. The molecule has 0 heterocycles. The van der Waals surface area contributed by atoms with Crippen molar-refractivity contribution in [3.8, 4) is 22.3 Å². The van der Waals surface area contributed by atoms with Gasteiger partial charge in [0.05, 0.1) is 1.28 Å². The maximum atomic E-state index is 6.46. The molecule has 11 heteroatoms. The van der Waals surface area contributed by atoms with E-state index in [-0.39, 0.29) is 44.3 Å². The van der Waals surface area contributed by atoms with E-state index in [1.54, 1.807) is 0 Å². The van der Waals surface area contributed by atoms with Crippen LogP contribution in [0.1, 0.15) is 38.9 Å². The Kier molecular flexibility index (Phi) is 32.6. The average molecular weight is 1060 g/mol. The molecule has 5 aromatic carbocycles. The van der Waals surface area contributed by atoms with E-state index < -0.39 is 10.8 Å². The summed E-state index contributed by atoms with van der Waals surface area (Å²) in [6.45, 7) is 15.0. The summed E-state index contributed by atoms with van der Waals surface area (Å²) in [6.07, 6.45) is 0. The van der Waals surface area contributed by atoms with Crippen LogP contribution in [0.5, 0.6) is 0 Å². The maximum Gasteiger partial charge on any atom is 2.00 e. The molecule has 0 bridgehead atoms. The molecule has 0 saturated heterocycles. The van der Waals surface area contributed by atoms with Crippen LogP contribution >= 0.6 is 96.0 Å². The monoisotopic (exact) mass is 1050 g/mol. The second kappa shape index (κ2) is 31.8. The van der Waals surface area contributed by atoms with Crippen LogP contribution in [0.15, 0.2) is 106 Å². The van der Waals surface area contributed by atoms with E-state index >= 15 is 0 Å². The van der Waals surface area contributed by atoms with Crippen molar-refractivity contribution in [3.05, 3.63) is 151 Å². The van der Waals surface area contributed by atoms with Gasteiger partial charge in [0.2, 0.25) is 0 Å². The predicted molar refractivity (Wildman–Crippen MR) is 241 cm³/mol. The first-order chi connectivity index (χ1) is 22.7. The van der Waals surface area contributed by atoms with Crippen molar-refractivity contribution in [2.75, 3.05) is 0 Å². The van der Waals surface area contributed by atoms with Gasteiger partial charge >= 0.3 is 63.3 Å². The van der Waals surface area contributed by atoms with Crippen LogP contribution in [0, 0.1) is 54.5 Å². The minimum atomic E-state index is -0.583. The van der Waals surface area contributed by atoms with E-state index in [0.29, 0.717) is 0 Å². The molecule has 0 aromatic heterocycles. The SMILES string of the molecule is Cc1[c-]cccc1.Cc1cc(Br)c(C)cc1Br.Cc1ccccc1-c1cc(C)c(-c2ccccc2C)cc1C.PP.[3H]PP.[3H][Ni]([Br])[Br].[Cl-].[Mg+2]. The van der Waals surface area contributed by atoms with E-state index in [2.05, 4.69) is 208 Å². The first-order valence-corrected chi connectivity index (χ1v) is 25.5. The number of hydrogen-bond donors (Lipinski definition) is 0. The molecule has 4 unspecified atom stereocenters. The van der Waals surface area contributed by atoms with Crippen molar-refractivity contribution in [1.82, 2.24) is 0 Å². The van der Waals surface area contributed by atoms with Gasteiger partial charge in [0.15, 0.2) is 0 Å². The molecule has 0 saturated carbocycles. The Morgan fingerprint density at radius 1 is 0.562 bits per heavy atom. The topological polar surface area (TPSA) is 0 Å². The normalized spacial score (nSPS) is 10.0. The van der Waals surface area contributed by atoms with Gasteiger partial charge in [-0.25, -0.2) is 0 Å². The zero-order chi connectivity index (χ0) is 36.8. The molecule has 48 heavy (non-hydrogen) atoms. The number of halogens is 5. The fourth-order valence-corrected chi connectivity index (χ4v) is 5.29. The summed E-state index contributed by atoms with van der Waals surface area (Å²) in [7, 11) is 6.61. The van der Waals surface area contributed by atoms with Crippen molar-refractivity contribution < 1.29 is 23.2 Å². The zero-order valence-corrected chi connectivity index (χ0v) is 42.3. The molecule has 0 spiro atoms. The van der Waals surface area contributed by atoms with E-state index in [4.69, 9.17) is 2.26 Å². The van der Waals surface area contributed by atoms with E-state index in [1.165, 1.54) is 70.1 Å². The van der Waals surface area contributed by atoms with E-state index in [1.807, 2.05) is 31.2 Å². The van der Waals surface area contributed by atoms with Crippen LogP contribution in [0.25, 0.3) is 22.3 Å². The van der Waals surface area contributed by atoms with E-state index in [0.717, 1.165) is 0 Å². The molecule has 0 amide bonds. The third kappa shape index (κ3) is 19.9. The van der Waals surface area contributed by atoms with E-state index in [9.17, 15) is 0 Å². The Morgan fingerprint density at radius 2 is 0.896 bits per heavy atom. The molecule has 0 radical (unpaired) electrons. The first-order valence-electron chi connectivity index (χ1n) is 14.8. The molecular weight excluding hydrogens is 1010 g/mol. The second-order valence-corrected chi connectivity index (χ2v) is 16.7. The van der Waals surface area contributed by atoms with Crippen molar-refractivity contribution in [2.24, 2.45) is 0 Å². The summed E-state index contributed by atoms with van der Waals surface area (Å²) in [5, 5.41) is 0. The Bertz CT molecular complexity index is 1530. The molecular formula is C37H46Br4ClMgNiP4. The summed E-state index contributed by atoms with van der Waals surface area (Å²) in [6, 6.07) is 37.0. The standard InChI is InChI=1S/C22H22.C8H8Br2.C7H7.2BrH.ClH.Mg.Ni.2H4P2.H/c1-15-9-5-7-11-19(15)21-13-18(4)22(14-17(21)3)20-12-8-6-10-16(20)2;1-5-3-8(10)6(2)4-7(5)9;1-7-5-3-2-4-6-7;;;;;;2*1-2;/h5-14H,1-4H3;3-4H,1-2H3;2-5H,1H3;3*1H;;;2*1-2H2;/q;;-1;;;;2*+2;;;/p-3/i;;;;;;;;1T;;1+2. The minimum absolute atomic E-state index is 0. The van der Waals surface area contributed by atoms with Crippen LogP contribution < -0.4 is 12.4 Å². The number of rotatable bonds is 2. The number of benzene rings is 5. The quantitative estimate of drug-likeness (QED) is 0.0939. The fraction of sp³-hybridized carbons (Fsp3) is 0.189. The molecule has 0 aliphatic rings. The second-order valence-electron chi connectivity index (χ2n) is 10.1.